The SMILES string of the molecule is CCCCCCOc1ccc(C(=O)NNC(=S)NC(=O)CCC(=O)OC)cc1. The van der Waals surface area contributed by atoms with Gasteiger partial charge in [0.15, 0.2) is 5.11 Å². The molecule has 0 aliphatic heterocycles. The van der Waals surface area contributed by atoms with E-state index in [1.807, 2.05) is 0 Å². The molecule has 0 fully saturated rings. The third-order valence-corrected chi connectivity index (χ3v) is 3.91. The lowest BCUT2D eigenvalue weighted by atomic mass is 10.2. The van der Waals surface area contributed by atoms with Crippen molar-refractivity contribution in [1.82, 2.24) is 16.2 Å². The lowest BCUT2D eigenvalue weighted by Gasteiger charge is -2.11. The summed E-state index contributed by atoms with van der Waals surface area (Å²) in [5.74, 6) is -0.664. The van der Waals surface area contributed by atoms with Crippen LogP contribution in [0.25, 0.3) is 0 Å². The molecule has 1 aromatic carbocycles. The lowest BCUT2D eigenvalue weighted by Crippen LogP contribution is -2.48. The van der Waals surface area contributed by atoms with Crippen LogP contribution >= 0.6 is 12.2 Å². The van der Waals surface area contributed by atoms with Crippen LogP contribution in [0, 0.1) is 0 Å². The second-order valence-corrected chi connectivity index (χ2v) is 6.37. The van der Waals surface area contributed by atoms with E-state index in [-0.39, 0.29) is 18.0 Å². The van der Waals surface area contributed by atoms with Gasteiger partial charge < -0.3 is 14.8 Å². The summed E-state index contributed by atoms with van der Waals surface area (Å²) in [7, 11) is 1.24. The highest BCUT2D eigenvalue weighted by Crippen LogP contribution is 2.13. The highest BCUT2D eigenvalue weighted by Gasteiger charge is 2.10. The van der Waals surface area contributed by atoms with Crippen molar-refractivity contribution < 1.29 is 23.9 Å². The van der Waals surface area contributed by atoms with Crippen molar-refractivity contribution >= 4 is 35.1 Å². The van der Waals surface area contributed by atoms with Gasteiger partial charge in [-0.05, 0) is 42.9 Å². The van der Waals surface area contributed by atoms with Gasteiger partial charge in [0.05, 0.1) is 20.1 Å². The first-order valence-electron chi connectivity index (χ1n) is 9.16. The smallest absolute Gasteiger partial charge is 0.306 e. The second kappa shape index (κ2) is 13.5. The first kappa shape index (κ1) is 23.4. The minimum Gasteiger partial charge on any atom is -0.494 e. The number of hydrogen-bond donors (Lipinski definition) is 3. The van der Waals surface area contributed by atoms with Gasteiger partial charge in [0.2, 0.25) is 5.91 Å². The molecule has 8 nitrogen and oxygen atoms in total. The number of nitrogens with one attached hydrogen (secondary N) is 3. The van der Waals surface area contributed by atoms with E-state index in [4.69, 9.17) is 17.0 Å². The number of thiocarbonyl (C=S) groups is 1. The molecule has 2 amide bonds. The highest BCUT2D eigenvalue weighted by atomic mass is 32.1. The molecular weight excluding hydrogens is 382 g/mol. The second-order valence-electron chi connectivity index (χ2n) is 5.97. The number of unbranched alkanes of at least 4 members (excludes halogenated alkanes) is 3. The number of carbonyl (C=O) groups is 3. The van der Waals surface area contributed by atoms with E-state index >= 15 is 0 Å². The van der Waals surface area contributed by atoms with E-state index in [0.717, 1.165) is 12.8 Å². The number of esters is 1. The van der Waals surface area contributed by atoms with Crippen molar-refractivity contribution in [2.75, 3.05) is 13.7 Å². The Bertz CT molecular complexity index is 664. The number of amides is 2. The monoisotopic (exact) mass is 409 g/mol. The van der Waals surface area contributed by atoms with Crippen LogP contribution in [-0.2, 0) is 14.3 Å². The van der Waals surface area contributed by atoms with Gasteiger partial charge >= 0.3 is 5.97 Å². The zero-order chi connectivity index (χ0) is 20.8. The van der Waals surface area contributed by atoms with E-state index in [9.17, 15) is 14.4 Å². The fourth-order valence-electron chi connectivity index (χ4n) is 2.15. The Morgan fingerprint density at radius 2 is 1.71 bits per heavy atom. The van der Waals surface area contributed by atoms with Crippen molar-refractivity contribution in [1.29, 1.82) is 0 Å². The maximum atomic E-state index is 12.1. The lowest BCUT2D eigenvalue weighted by molar-refractivity contribution is -0.142. The van der Waals surface area contributed by atoms with E-state index < -0.39 is 17.8 Å². The van der Waals surface area contributed by atoms with Crippen LogP contribution in [0.15, 0.2) is 24.3 Å². The number of hydrogen-bond acceptors (Lipinski definition) is 6. The standard InChI is InChI=1S/C19H27N3O5S/c1-3-4-5-6-13-27-15-9-7-14(8-10-15)18(25)21-22-19(28)20-16(23)11-12-17(24)26-2/h7-10H,3-6,11-13H2,1-2H3,(H,21,25)(H2,20,22,23,28). The van der Waals surface area contributed by atoms with E-state index in [2.05, 4.69) is 27.8 Å². The molecule has 0 aliphatic carbocycles. The largest absolute Gasteiger partial charge is 0.494 e. The summed E-state index contributed by atoms with van der Waals surface area (Å²) < 4.78 is 10.1. The van der Waals surface area contributed by atoms with Crippen molar-refractivity contribution in [3.05, 3.63) is 29.8 Å². The summed E-state index contributed by atoms with van der Waals surface area (Å²) in [4.78, 5) is 34.7. The third kappa shape index (κ3) is 9.86. The zero-order valence-electron chi connectivity index (χ0n) is 16.2. The summed E-state index contributed by atoms with van der Waals surface area (Å²) in [6.45, 7) is 2.81. The highest BCUT2D eigenvalue weighted by molar-refractivity contribution is 7.80. The molecule has 0 aliphatic rings. The van der Waals surface area contributed by atoms with Crippen LogP contribution < -0.4 is 20.9 Å². The zero-order valence-corrected chi connectivity index (χ0v) is 17.0. The fraction of sp³-hybridized carbons (Fsp3) is 0.474. The number of rotatable bonds is 10. The first-order valence-corrected chi connectivity index (χ1v) is 9.57. The molecule has 154 valence electrons. The van der Waals surface area contributed by atoms with Gasteiger partial charge in [-0.1, -0.05) is 26.2 Å². The molecule has 0 unspecified atom stereocenters. The summed E-state index contributed by atoms with van der Waals surface area (Å²) >= 11 is 4.91. The Morgan fingerprint density at radius 3 is 2.36 bits per heavy atom. The van der Waals surface area contributed by atoms with Crippen molar-refractivity contribution in [3.63, 3.8) is 0 Å². The van der Waals surface area contributed by atoms with Crippen LogP contribution in [0.4, 0.5) is 0 Å². The molecule has 9 heteroatoms. The van der Waals surface area contributed by atoms with Gasteiger partial charge in [-0.2, -0.15) is 0 Å². The minimum absolute atomic E-state index is 0.0513. The molecule has 0 spiro atoms. The predicted octanol–water partition coefficient (Wildman–Crippen LogP) is 2.23. The molecule has 0 atom stereocenters. The molecule has 0 saturated heterocycles. The predicted molar refractivity (Wildman–Crippen MR) is 109 cm³/mol. The van der Waals surface area contributed by atoms with Gasteiger partial charge in [0.1, 0.15) is 5.75 Å². The van der Waals surface area contributed by atoms with Crippen LogP contribution in [0.5, 0.6) is 5.75 Å². The number of methoxy groups -OCH3 is 1. The van der Waals surface area contributed by atoms with E-state index in [0.29, 0.717) is 17.9 Å². The quantitative estimate of drug-likeness (QED) is 0.235. The molecule has 0 radical (unpaired) electrons. The van der Waals surface area contributed by atoms with Crippen LogP contribution in [0.2, 0.25) is 0 Å². The van der Waals surface area contributed by atoms with Crippen molar-refractivity contribution in [3.8, 4) is 5.75 Å². The molecule has 1 rings (SSSR count). The Morgan fingerprint density at radius 1 is 1.00 bits per heavy atom. The Hall–Kier alpha value is -2.68. The summed E-state index contributed by atoms with van der Waals surface area (Å²) in [6, 6.07) is 6.72. The van der Waals surface area contributed by atoms with Gasteiger partial charge in [0, 0.05) is 12.0 Å². The van der Waals surface area contributed by atoms with Crippen molar-refractivity contribution in [2.24, 2.45) is 0 Å². The molecule has 1 aromatic rings. The van der Waals surface area contributed by atoms with Crippen LogP contribution in [0.1, 0.15) is 55.8 Å². The van der Waals surface area contributed by atoms with Crippen LogP contribution in [-0.4, -0.2) is 36.6 Å². The normalized spacial score (nSPS) is 9.93. The molecule has 28 heavy (non-hydrogen) atoms. The minimum atomic E-state index is -0.490. The molecule has 3 N–H and O–H groups in total. The number of ether oxygens (including phenoxy) is 2. The topological polar surface area (TPSA) is 106 Å². The number of carbonyl (C=O) groups excluding carboxylic acids is 3. The molecular formula is C19H27N3O5S. The Kier molecular flexibility index (Phi) is 11.2. The average Bonchev–Trinajstić information content (AvgIpc) is 2.70. The van der Waals surface area contributed by atoms with E-state index in [1.165, 1.54) is 20.0 Å². The summed E-state index contributed by atoms with van der Waals surface area (Å²) in [5, 5.41) is 2.28. The maximum absolute atomic E-state index is 12.1. The first-order chi connectivity index (χ1) is 13.5. The number of hydrazine groups is 1. The van der Waals surface area contributed by atoms with Gasteiger partial charge in [-0.15, -0.1) is 0 Å². The molecule has 0 saturated carbocycles. The summed E-state index contributed by atoms with van der Waals surface area (Å²) in [5.41, 5.74) is 5.23. The van der Waals surface area contributed by atoms with Crippen molar-refractivity contribution in [2.45, 2.75) is 45.4 Å². The molecule has 0 bridgehead atoms. The molecule has 0 heterocycles. The maximum Gasteiger partial charge on any atom is 0.306 e. The Labute approximate surface area is 170 Å². The Balaban J connectivity index is 2.31. The molecule has 0 aromatic heterocycles. The average molecular weight is 410 g/mol. The van der Waals surface area contributed by atoms with Gasteiger partial charge in [-0.3, -0.25) is 25.2 Å². The van der Waals surface area contributed by atoms with Gasteiger partial charge in [-0.25, -0.2) is 0 Å². The van der Waals surface area contributed by atoms with E-state index in [1.54, 1.807) is 24.3 Å². The fourth-order valence-corrected chi connectivity index (χ4v) is 2.31. The summed E-state index contributed by atoms with van der Waals surface area (Å²) in [6.07, 6.45) is 4.40. The third-order valence-electron chi connectivity index (χ3n) is 3.71. The number of benzene rings is 1. The van der Waals surface area contributed by atoms with Gasteiger partial charge in [0.25, 0.3) is 5.91 Å². The van der Waals surface area contributed by atoms with Crippen LogP contribution in [0.3, 0.4) is 0 Å².